The third-order valence-corrected chi connectivity index (χ3v) is 3.41. The summed E-state index contributed by atoms with van der Waals surface area (Å²) in [5, 5.41) is 0.225. The Morgan fingerprint density at radius 3 is 3.00 bits per heavy atom. The third kappa shape index (κ3) is 3.08. The molecule has 1 aromatic heterocycles. The van der Waals surface area contributed by atoms with Crippen LogP contribution in [0.1, 0.15) is 13.8 Å². The van der Waals surface area contributed by atoms with Crippen LogP contribution in [0, 0.1) is 0 Å². The fraction of sp³-hybridized carbons (Fsp3) is 0.417. The molecule has 6 heteroatoms. The van der Waals surface area contributed by atoms with E-state index in [1.165, 1.54) is 0 Å². The minimum atomic E-state index is -1.28. The highest BCUT2D eigenvalue weighted by molar-refractivity contribution is 7.84. The Morgan fingerprint density at radius 1 is 1.50 bits per heavy atom. The van der Waals surface area contributed by atoms with Crippen LogP contribution < -0.4 is 5.73 Å². The zero-order valence-corrected chi connectivity index (χ0v) is 11.2. The molecule has 0 radical (unpaired) electrons. The van der Waals surface area contributed by atoms with Gasteiger partial charge in [-0.15, -0.1) is 0 Å². The van der Waals surface area contributed by atoms with Crippen LogP contribution in [-0.2, 0) is 15.5 Å². The lowest BCUT2D eigenvalue weighted by Crippen LogP contribution is -2.11. The van der Waals surface area contributed by atoms with E-state index in [9.17, 15) is 4.21 Å². The van der Waals surface area contributed by atoms with Crippen molar-refractivity contribution in [1.29, 1.82) is 0 Å². The van der Waals surface area contributed by atoms with E-state index < -0.39 is 10.8 Å². The van der Waals surface area contributed by atoms with Crippen molar-refractivity contribution in [3.63, 3.8) is 0 Å². The van der Waals surface area contributed by atoms with E-state index in [2.05, 4.69) is 4.98 Å². The lowest BCUT2D eigenvalue weighted by atomic mass is 10.3. The summed E-state index contributed by atoms with van der Waals surface area (Å²) in [4.78, 5) is 4.17. The summed E-state index contributed by atoms with van der Waals surface area (Å²) < 4.78 is 22.7. The largest absolute Gasteiger partial charge is 0.430 e. The molecule has 0 bridgehead atoms. The summed E-state index contributed by atoms with van der Waals surface area (Å²) in [6, 6.07) is 5.16. The molecule has 0 aliphatic heterocycles. The van der Waals surface area contributed by atoms with E-state index in [-0.39, 0.29) is 11.3 Å². The molecule has 2 N–H and O–H groups in total. The van der Waals surface area contributed by atoms with Gasteiger partial charge in [0.25, 0.3) is 5.22 Å². The lowest BCUT2D eigenvalue weighted by molar-refractivity contribution is 0.0915. The van der Waals surface area contributed by atoms with Crippen LogP contribution in [0.5, 0.6) is 0 Å². The predicted octanol–water partition coefficient (Wildman–Crippen LogP) is 1.94. The maximum Gasteiger partial charge on any atom is 0.288 e. The van der Waals surface area contributed by atoms with Crippen molar-refractivity contribution in [1.82, 2.24) is 4.98 Å². The molecule has 0 saturated heterocycles. The van der Waals surface area contributed by atoms with Gasteiger partial charge in [0.05, 0.1) is 18.5 Å². The maximum atomic E-state index is 11.9. The Morgan fingerprint density at radius 2 is 2.28 bits per heavy atom. The number of nitrogens with two attached hydrogens (primary N) is 1. The Balaban J connectivity index is 2.08. The normalized spacial score (nSPS) is 13.3. The van der Waals surface area contributed by atoms with Crippen molar-refractivity contribution >= 4 is 27.6 Å². The monoisotopic (exact) mass is 268 g/mol. The summed E-state index contributed by atoms with van der Waals surface area (Å²) in [6.45, 7) is 4.29. The molecule has 0 spiro atoms. The third-order valence-electron chi connectivity index (χ3n) is 2.31. The smallest absolute Gasteiger partial charge is 0.288 e. The lowest BCUT2D eigenvalue weighted by Gasteiger charge is -2.05. The first-order chi connectivity index (χ1) is 8.56. The summed E-state index contributed by atoms with van der Waals surface area (Å²) in [6.07, 6.45) is 0.130. The van der Waals surface area contributed by atoms with Crippen molar-refractivity contribution in [3.05, 3.63) is 18.2 Å². The minimum Gasteiger partial charge on any atom is -0.430 e. The molecule has 0 amide bonds. The first-order valence-electron chi connectivity index (χ1n) is 5.72. The number of aromatic nitrogens is 1. The Kier molecular flexibility index (Phi) is 3.98. The van der Waals surface area contributed by atoms with Gasteiger partial charge >= 0.3 is 0 Å². The average molecular weight is 268 g/mol. The highest BCUT2D eigenvalue weighted by Gasteiger charge is 2.13. The average Bonchev–Trinajstić information content (AvgIpc) is 2.71. The van der Waals surface area contributed by atoms with E-state index in [0.717, 1.165) is 0 Å². The molecule has 0 saturated carbocycles. The van der Waals surface area contributed by atoms with E-state index in [1.54, 1.807) is 18.2 Å². The summed E-state index contributed by atoms with van der Waals surface area (Å²) in [5.41, 5.74) is 7.46. The van der Waals surface area contributed by atoms with Crippen molar-refractivity contribution in [2.75, 3.05) is 18.1 Å². The summed E-state index contributed by atoms with van der Waals surface area (Å²) >= 11 is 0. The fourth-order valence-electron chi connectivity index (χ4n) is 1.46. The van der Waals surface area contributed by atoms with E-state index >= 15 is 0 Å². The molecule has 1 unspecified atom stereocenters. The van der Waals surface area contributed by atoms with E-state index in [0.29, 0.717) is 29.1 Å². The minimum absolute atomic E-state index is 0.130. The van der Waals surface area contributed by atoms with Gasteiger partial charge < -0.3 is 14.9 Å². The van der Waals surface area contributed by atoms with Crippen molar-refractivity contribution < 1.29 is 13.4 Å². The zero-order chi connectivity index (χ0) is 13.1. The highest BCUT2D eigenvalue weighted by Crippen LogP contribution is 2.20. The van der Waals surface area contributed by atoms with Crippen molar-refractivity contribution in [2.45, 2.75) is 25.2 Å². The number of nitrogens with zero attached hydrogens (tertiary/aromatic N) is 1. The summed E-state index contributed by atoms with van der Waals surface area (Å²) in [5.74, 6) is 0.375. The standard InChI is InChI=1S/C12H16N2O3S/c1-8(2)16-5-6-18(15)12-14-10-4-3-9(13)7-11(10)17-12/h3-4,7-8H,5-6,13H2,1-2H3. The molecular formula is C12H16N2O3S. The SMILES string of the molecule is CC(C)OCCS(=O)c1nc2ccc(N)cc2o1. The molecule has 1 aromatic carbocycles. The van der Waals surface area contributed by atoms with Gasteiger partial charge in [-0.1, -0.05) is 0 Å². The quantitative estimate of drug-likeness (QED) is 0.838. The number of rotatable bonds is 5. The number of benzene rings is 1. The molecule has 18 heavy (non-hydrogen) atoms. The van der Waals surface area contributed by atoms with Gasteiger partial charge in [-0.05, 0) is 26.0 Å². The topological polar surface area (TPSA) is 78.3 Å². The van der Waals surface area contributed by atoms with Crippen molar-refractivity contribution in [2.24, 2.45) is 0 Å². The molecule has 5 nitrogen and oxygen atoms in total. The van der Waals surface area contributed by atoms with Crippen LogP contribution in [0.4, 0.5) is 5.69 Å². The molecule has 98 valence electrons. The van der Waals surface area contributed by atoms with Crippen LogP contribution in [0.15, 0.2) is 27.8 Å². The number of ether oxygens (including phenoxy) is 1. The molecule has 0 aliphatic rings. The molecule has 1 atom stereocenters. The molecule has 2 rings (SSSR count). The first kappa shape index (κ1) is 13.0. The van der Waals surface area contributed by atoms with E-state index in [1.807, 2.05) is 13.8 Å². The number of hydrogen-bond acceptors (Lipinski definition) is 5. The van der Waals surface area contributed by atoms with Gasteiger partial charge in [0.1, 0.15) is 16.3 Å². The first-order valence-corrected chi connectivity index (χ1v) is 7.04. The molecule has 0 aliphatic carbocycles. The number of nitrogen functional groups attached to an aromatic ring is 1. The molecular weight excluding hydrogens is 252 g/mol. The number of hydrogen-bond donors (Lipinski definition) is 1. The number of oxazole rings is 1. The van der Waals surface area contributed by atoms with Crippen LogP contribution in [-0.4, -0.2) is 27.7 Å². The van der Waals surface area contributed by atoms with Crippen LogP contribution >= 0.6 is 0 Å². The zero-order valence-electron chi connectivity index (χ0n) is 10.4. The van der Waals surface area contributed by atoms with Gasteiger partial charge in [-0.2, -0.15) is 0 Å². The number of fused-ring (bicyclic) bond motifs is 1. The maximum absolute atomic E-state index is 11.9. The molecule has 2 aromatic rings. The Labute approximate surface area is 108 Å². The predicted molar refractivity (Wildman–Crippen MR) is 70.8 cm³/mol. The molecule has 1 heterocycles. The van der Waals surface area contributed by atoms with Gasteiger partial charge in [-0.3, -0.25) is 0 Å². The Bertz CT molecular complexity index is 565. The highest BCUT2D eigenvalue weighted by atomic mass is 32.2. The number of anilines is 1. The second-order valence-corrected chi connectivity index (χ2v) is 5.62. The second kappa shape index (κ2) is 5.49. The van der Waals surface area contributed by atoms with Crippen LogP contribution in [0.2, 0.25) is 0 Å². The van der Waals surface area contributed by atoms with E-state index in [4.69, 9.17) is 14.9 Å². The Hall–Kier alpha value is -1.40. The van der Waals surface area contributed by atoms with Gasteiger partial charge in [0.2, 0.25) is 0 Å². The second-order valence-electron chi connectivity index (χ2n) is 4.18. The van der Waals surface area contributed by atoms with Crippen molar-refractivity contribution in [3.8, 4) is 0 Å². The van der Waals surface area contributed by atoms with Crippen LogP contribution in [0.3, 0.4) is 0 Å². The van der Waals surface area contributed by atoms with Gasteiger partial charge in [0.15, 0.2) is 5.58 Å². The fourth-order valence-corrected chi connectivity index (χ4v) is 2.27. The van der Waals surface area contributed by atoms with Crippen LogP contribution in [0.25, 0.3) is 11.1 Å². The molecule has 0 fully saturated rings. The van der Waals surface area contributed by atoms with Gasteiger partial charge in [-0.25, -0.2) is 9.19 Å². The van der Waals surface area contributed by atoms with Gasteiger partial charge in [0, 0.05) is 11.8 Å². The summed E-state index contributed by atoms with van der Waals surface area (Å²) in [7, 11) is -1.28.